The highest BCUT2D eigenvalue weighted by molar-refractivity contribution is 5.78. The number of pyridine rings is 2. The molecule has 1 aliphatic heterocycles. The van der Waals surface area contributed by atoms with E-state index in [9.17, 15) is 0 Å². The van der Waals surface area contributed by atoms with Crippen LogP contribution in [-0.4, -0.2) is 42.3 Å². The molecule has 106 valence electrons. The summed E-state index contributed by atoms with van der Waals surface area (Å²) in [7, 11) is 0. The van der Waals surface area contributed by atoms with Crippen LogP contribution in [0.1, 0.15) is 12.8 Å². The van der Waals surface area contributed by atoms with E-state index in [1.165, 1.54) is 0 Å². The lowest BCUT2D eigenvalue weighted by molar-refractivity contribution is 0.0230. The molecule has 1 saturated heterocycles. The van der Waals surface area contributed by atoms with Crippen molar-refractivity contribution in [3.05, 3.63) is 30.6 Å². The molecule has 3 heterocycles. The van der Waals surface area contributed by atoms with Gasteiger partial charge in [-0.25, -0.2) is 4.98 Å². The molecule has 3 rings (SSSR count). The van der Waals surface area contributed by atoms with Crippen molar-refractivity contribution in [2.45, 2.75) is 18.9 Å². The highest BCUT2D eigenvalue weighted by atomic mass is 16.5. The minimum atomic E-state index is 0.362. The van der Waals surface area contributed by atoms with E-state index < -0.39 is 0 Å². The Balaban J connectivity index is 1.47. The fraction of sp³-hybridized carbons (Fsp3) is 0.467. The maximum atomic E-state index is 5.68. The fourth-order valence-corrected chi connectivity index (χ4v) is 2.42. The molecule has 0 aromatic carbocycles. The summed E-state index contributed by atoms with van der Waals surface area (Å²) in [5.74, 6) is 0.923. The molecule has 1 aliphatic rings. The minimum Gasteiger partial charge on any atom is -0.376 e. The van der Waals surface area contributed by atoms with E-state index in [0.29, 0.717) is 6.10 Å². The third-order valence-electron chi connectivity index (χ3n) is 3.50. The van der Waals surface area contributed by atoms with Crippen LogP contribution in [0.5, 0.6) is 0 Å². The number of anilines is 1. The van der Waals surface area contributed by atoms with Gasteiger partial charge >= 0.3 is 0 Å². The van der Waals surface area contributed by atoms with Crippen LogP contribution in [0.3, 0.4) is 0 Å². The first-order chi connectivity index (χ1) is 9.92. The molecule has 0 spiro atoms. The Bertz CT molecular complexity index is 554. The van der Waals surface area contributed by atoms with E-state index in [-0.39, 0.29) is 0 Å². The van der Waals surface area contributed by atoms with Crippen molar-refractivity contribution in [2.75, 3.05) is 31.6 Å². The largest absolute Gasteiger partial charge is 0.376 e. The van der Waals surface area contributed by atoms with Crippen molar-refractivity contribution in [1.82, 2.24) is 15.3 Å². The number of rotatable bonds is 5. The van der Waals surface area contributed by atoms with Crippen LogP contribution in [0.2, 0.25) is 0 Å². The van der Waals surface area contributed by atoms with E-state index in [4.69, 9.17) is 4.74 Å². The quantitative estimate of drug-likeness (QED) is 0.813. The molecule has 1 fully saturated rings. The van der Waals surface area contributed by atoms with E-state index in [1.807, 2.05) is 24.4 Å². The third-order valence-corrected chi connectivity index (χ3v) is 3.50. The number of nitrogens with one attached hydrogen (secondary N) is 2. The predicted octanol–water partition coefficient (Wildman–Crippen LogP) is 1.81. The highest BCUT2D eigenvalue weighted by Gasteiger charge is 2.12. The van der Waals surface area contributed by atoms with Crippen molar-refractivity contribution in [1.29, 1.82) is 0 Å². The molecule has 0 saturated carbocycles. The summed E-state index contributed by atoms with van der Waals surface area (Å²) >= 11 is 0. The number of aromatic nitrogens is 2. The first-order valence-corrected chi connectivity index (χ1v) is 7.19. The van der Waals surface area contributed by atoms with Crippen molar-refractivity contribution < 1.29 is 4.74 Å². The van der Waals surface area contributed by atoms with E-state index in [0.717, 1.165) is 55.8 Å². The van der Waals surface area contributed by atoms with Gasteiger partial charge < -0.3 is 15.4 Å². The maximum absolute atomic E-state index is 5.68. The van der Waals surface area contributed by atoms with Gasteiger partial charge in [0.1, 0.15) is 5.82 Å². The summed E-state index contributed by atoms with van der Waals surface area (Å²) in [4.78, 5) is 8.65. The molecule has 1 atom stereocenters. The Labute approximate surface area is 118 Å². The summed E-state index contributed by atoms with van der Waals surface area (Å²) in [6.07, 6.45) is 6.13. The number of hydrogen-bond donors (Lipinski definition) is 2. The second kappa shape index (κ2) is 6.63. The molecule has 0 aliphatic carbocycles. The number of nitrogens with zero attached hydrogens (tertiary/aromatic N) is 2. The van der Waals surface area contributed by atoms with Crippen LogP contribution in [-0.2, 0) is 4.74 Å². The van der Waals surface area contributed by atoms with E-state index in [2.05, 4.69) is 20.6 Å². The van der Waals surface area contributed by atoms with Crippen molar-refractivity contribution in [3.8, 4) is 0 Å². The number of fused-ring (bicyclic) bond motifs is 1. The molecular formula is C15H20N4O. The highest BCUT2D eigenvalue weighted by Crippen LogP contribution is 2.13. The summed E-state index contributed by atoms with van der Waals surface area (Å²) in [5.41, 5.74) is 0.977. The SMILES string of the molecule is c1cc2nc(NCCCC3CNCCO3)ccc2cn1. The second-order valence-electron chi connectivity index (χ2n) is 5.03. The summed E-state index contributed by atoms with van der Waals surface area (Å²) in [5, 5.41) is 7.79. The lowest BCUT2D eigenvalue weighted by Crippen LogP contribution is -2.38. The summed E-state index contributed by atoms with van der Waals surface area (Å²) in [6, 6.07) is 5.98. The lowest BCUT2D eigenvalue weighted by Gasteiger charge is -2.23. The van der Waals surface area contributed by atoms with Crippen LogP contribution >= 0.6 is 0 Å². The maximum Gasteiger partial charge on any atom is 0.126 e. The first kappa shape index (κ1) is 13.3. The van der Waals surface area contributed by atoms with Crippen LogP contribution in [0.15, 0.2) is 30.6 Å². The van der Waals surface area contributed by atoms with Gasteiger partial charge in [-0.1, -0.05) is 0 Å². The average molecular weight is 272 g/mol. The zero-order chi connectivity index (χ0) is 13.6. The standard InChI is InChI=1S/C15H20N4O/c1(2-13-11-17-8-9-20-13)6-18-15-4-3-12-10-16-7-5-14(12)19-15/h3-5,7,10,13,17H,1-2,6,8-9,11H2,(H,18,19). The van der Waals surface area contributed by atoms with Gasteiger partial charge in [-0.3, -0.25) is 4.98 Å². The Morgan fingerprint density at radius 3 is 3.25 bits per heavy atom. The lowest BCUT2D eigenvalue weighted by atomic mass is 10.2. The molecule has 5 heteroatoms. The third kappa shape index (κ3) is 3.43. The van der Waals surface area contributed by atoms with Gasteiger partial charge in [0.2, 0.25) is 0 Å². The van der Waals surface area contributed by atoms with Crippen LogP contribution < -0.4 is 10.6 Å². The molecule has 2 N–H and O–H groups in total. The van der Waals surface area contributed by atoms with Crippen molar-refractivity contribution in [2.24, 2.45) is 0 Å². The predicted molar refractivity (Wildman–Crippen MR) is 79.9 cm³/mol. The minimum absolute atomic E-state index is 0.362. The molecule has 2 aromatic heterocycles. The Morgan fingerprint density at radius 2 is 2.35 bits per heavy atom. The van der Waals surface area contributed by atoms with Gasteiger partial charge in [0.05, 0.1) is 18.2 Å². The normalized spacial score (nSPS) is 19.1. The Kier molecular flexibility index (Phi) is 4.40. The summed E-state index contributed by atoms with van der Waals surface area (Å²) < 4.78 is 5.68. The molecule has 20 heavy (non-hydrogen) atoms. The van der Waals surface area contributed by atoms with Gasteiger partial charge in [-0.2, -0.15) is 0 Å². The second-order valence-corrected chi connectivity index (χ2v) is 5.03. The van der Waals surface area contributed by atoms with Crippen molar-refractivity contribution in [3.63, 3.8) is 0 Å². The van der Waals surface area contributed by atoms with Gasteiger partial charge in [0.15, 0.2) is 0 Å². The molecule has 2 aromatic rings. The molecule has 0 amide bonds. The van der Waals surface area contributed by atoms with Crippen LogP contribution in [0, 0.1) is 0 Å². The van der Waals surface area contributed by atoms with Gasteiger partial charge in [-0.15, -0.1) is 0 Å². The molecule has 1 unspecified atom stereocenters. The Hall–Kier alpha value is -1.72. The number of ether oxygens (including phenoxy) is 1. The molecular weight excluding hydrogens is 252 g/mol. The Morgan fingerprint density at radius 1 is 1.35 bits per heavy atom. The number of morpholine rings is 1. The fourth-order valence-electron chi connectivity index (χ4n) is 2.42. The van der Waals surface area contributed by atoms with Crippen molar-refractivity contribution >= 4 is 16.7 Å². The molecule has 0 radical (unpaired) electrons. The summed E-state index contributed by atoms with van der Waals surface area (Å²) in [6.45, 7) is 3.70. The molecule has 0 bridgehead atoms. The van der Waals surface area contributed by atoms with E-state index in [1.54, 1.807) is 6.20 Å². The zero-order valence-electron chi connectivity index (χ0n) is 11.5. The monoisotopic (exact) mass is 272 g/mol. The zero-order valence-corrected chi connectivity index (χ0v) is 11.5. The topological polar surface area (TPSA) is 59.1 Å². The van der Waals surface area contributed by atoms with Crippen LogP contribution in [0.25, 0.3) is 10.9 Å². The van der Waals surface area contributed by atoms with Gasteiger partial charge in [-0.05, 0) is 31.0 Å². The van der Waals surface area contributed by atoms with E-state index >= 15 is 0 Å². The van der Waals surface area contributed by atoms with Gasteiger partial charge in [0, 0.05) is 37.4 Å². The number of hydrogen-bond acceptors (Lipinski definition) is 5. The molecule has 5 nitrogen and oxygen atoms in total. The van der Waals surface area contributed by atoms with Gasteiger partial charge in [0.25, 0.3) is 0 Å². The van der Waals surface area contributed by atoms with Crippen LogP contribution in [0.4, 0.5) is 5.82 Å². The first-order valence-electron chi connectivity index (χ1n) is 7.19. The smallest absolute Gasteiger partial charge is 0.126 e. The average Bonchev–Trinajstić information content (AvgIpc) is 2.52.